The molecule has 3 rings (SSSR count). The molecule has 0 aliphatic carbocycles. The Morgan fingerprint density at radius 2 is 1.46 bits per heavy atom. The van der Waals surface area contributed by atoms with Crippen molar-refractivity contribution >= 4 is 17.3 Å². The lowest BCUT2D eigenvalue weighted by molar-refractivity contribution is 0.0955. The van der Waals surface area contributed by atoms with Crippen molar-refractivity contribution in [3.63, 3.8) is 0 Å². The van der Waals surface area contributed by atoms with Gasteiger partial charge in [-0.05, 0) is 24.3 Å². The Labute approximate surface area is 153 Å². The van der Waals surface area contributed by atoms with Crippen molar-refractivity contribution in [1.82, 2.24) is 10.4 Å². The summed E-state index contributed by atoms with van der Waals surface area (Å²) in [4.78, 5) is 18.3. The van der Waals surface area contributed by atoms with E-state index in [1.807, 2.05) is 73.6 Å². The summed E-state index contributed by atoms with van der Waals surface area (Å²) in [5.74, 6) is -0.272. The van der Waals surface area contributed by atoms with Crippen molar-refractivity contribution in [2.24, 2.45) is 5.10 Å². The number of hydrazone groups is 1. The molecule has 1 N–H and O–H groups in total. The fourth-order valence-corrected chi connectivity index (χ4v) is 2.48. The summed E-state index contributed by atoms with van der Waals surface area (Å²) in [5, 5.41) is 4.40. The number of benzene rings is 2. The predicted octanol–water partition coefficient (Wildman–Crippen LogP) is 3.33. The van der Waals surface area contributed by atoms with Crippen LogP contribution in [0.15, 0.2) is 84.2 Å². The predicted molar refractivity (Wildman–Crippen MR) is 105 cm³/mol. The lowest BCUT2D eigenvalue weighted by Gasteiger charge is -2.13. The topological polar surface area (TPSA) is 57.6 Å². The van der Waals surface area contributed by atoms with Gasteiger partial charge in [-0.1, -0.05) is 42.5 Å². The second-order valence-corrected chi connectivity index (χ2v) is 5.94. The Bertz CT molecular complexity index is 888. The molecule has 1 heterocycles. The molecule has 0 atom stereocenters. The molecule has 2 aromatic carbocycles. The molecule has 1 aromatic heterocycles. The van der Waals surface area contributed by atoms with E-state index in [2.05, 4.69) is 15.5 Å². The molecule has 0 fully saturated rings. The number of anilines is 1. The van der Waals surface area contributed by atoms with E-state index in [1.54, 1.807) is 24.5 Å². The van der Waals surface area contributed by atoms with Gasteiger partial charge >= 0.3 is 0 Å². The number of nitrogens with one attached hydrogen (secondary N) is 1. The molecule has 26 heavy (non-hydrogen) atoms. The first-order valence-electron chi connectivity index (χ1n) is 8.26. The van der Waals surface area contributed by atoms with Crippen molar-refractivity contribution in [3.05, 3.63) is 95.8 Å². The molecule has 5 heteroatoms. The Morgan fingerprint density at radius 1 is 0.846 bits per heavy atom. The summed E-state index contributed by atoms with van der Waals surface area (Å²) in [6.07, 6.45) is 3.16. The Morgan fingerprint density at radius 3 is 2.08 bits per heavy atom. The van der Waals surface area contributed by atoms with Crippen molar-refractivity contribution in [3.8, 4) is 0 Å². The van der Waals surface area contributed by atoms with E-state index < -0.39 is 0 Å². The van der Waals surface area contributed by atoms with E-state index in [0.717, 1.165) is 16.8 Å². The van der Waals surface area contributed by atoms with Crippen LogP contribution in [-0.4, -0.2) is 30.7 Å². The SMILES string of the molecule is CN(C)c1ccc(/C(=N\NC(=O)c2ccncc2)c2ccccc2)cc1. The number of aromatic nitrogens is 1. The summed E-state index contributed by atoms with van der Waals surface area (Å²) in [6.45, 7) is 0. The van der Waals surface area contributed by atoms with Gasteiger partial charge in [-0.3, -0.25) is 9.78 Å². The first-order chi connectivity index (χ1) is 12.6. The molecule has 0 saturated carbocycles. The number of rotatable bonds is 5. The molecule has 5 nitrogen and oxygen atoms in total. The molecule has 0 bridgehead atoms. The lowest BCUT2D eigenvalue weighted by atomic mass is 10.0. The maximum absolute atomic E-state index is 12.3. The molecule has 0 aliphatic rings. The summed E-state index contributed by atoms with van der Waals surface area (Å²) in [6, 6.07) is 21.1. The highest BCUT2D eigenvalue weighted by atomic mass is 16.2. The van der Waals surface area contributed by atoms with E-state index in [9.17, 15) is 4.79 Å². The molecule has 0 unspecified atom stereocenters. The highest BCUT2D eigenvalue weighted by molar-refractivity contribution is 6.13. The zero-order chi connectivity index (χ0) is 18.4. The van der Waals surface area contributed by atoms with Gasteiger partial charge in [0.25, 0.3) is 5.91 Å². The molecule has 0 saturated heterocycles. The number of carbonyl (C=O) groups excluding carboxylic acids is 1. The largest absolute Gasteiger partial charge is 0.378 e. The second-order valence-electron chi connectivity index (χ2n) is 5.94. The van der Waals surface area contributed by atoms with Gasteiger partial charge in [0.1, 0.15) is 0 Å². The molecule has 0 spiro atoms. The lowest BCUT2D eigenvalue weighted by Crippen LogP contribution is -2.20. The molecular formula is C21H20N4O. The minimum Gasteiger partial charge on any atom is -0.378 e. The van der Waals surface area contributed by atoms with Crippen LogP contribution in [0.1, 0.15) is 21.5 Å². The zero-order valence-corrected chi connectivity index (χ0v) is 14.8. The fraction of sp³-hybridized carbons (Fsp3) is 0.0952. The van der Waals surface area contributed by atoms with Gasteiger partial charge in [0.2, 0.25) is 0 Å². The minimum absolute atomic E-state index is 0.272. The van der Waals surface area contributed by atoms with Crippen LogP contribution >= 0.6 is 0 Å². The van der Waals surface area contributed by atoms with Gasteiger partial charge < -0.3 is 4.90 Å². The molecule has 0 aliphatic heterocycles. The third kappa shape index (κ3) is 4.13. The van der Waals surface area contributed by atoms with Crippen LogP contribution < -0.4 is 10.3 Å². The van der Waals surface area contributed by atoms with Gasteiger partial charge in [-0.25, -0.2) is 5.43 Å². The standard InChI is InChI=1S/C21H20N4O/c1-25(2)19-10-8-17(9-11-19)20(16-6-4-3-5-7-16)23-24-21(26)18-12-14-22-15-13-18/h3-15H,1-2H3,(H,24,26)/b23-20-. The zero-order valence-electron chi connectivity index (χ0n) is 14.8. The van der Waals surface area contributed by atoms with E-state index in [-0.39, 0.29) is 5.91 Å². The van der Waals surface area contributed by atoms with E-state index in [0.29, 0.717) is 11.3 Å². The number of hydrogen-bond acceptors (Lipinski definition) is 4. The highest BCUT2D eigenvalue weighted by Crippen LogP contribution is 2.16. The minimum atomic E-state index is -0.272. The summed E-state index contributed by atoms with van der Waals surface area (Å²) >= 11 is 0. The fourth-order valence-electron chi connectivity index (χ4n) is 2.48. The van der Waals surface area contributed by atoms with E-state index in [4.69, 9.17) is 0 Å². The van der Waals surface area contributed by atoms with Crippen molar-refractivity contribution < 1.29 is 4.79 Å². The molecule has 1 amide bonds. The van der Waals surface area contributed by atoms with Gasteiger partial charge in [-0.2, -0.15) is 5.10 Å². The average Bonchev–Trinajstić information content (AvgIpc) is 2.70. The monoisotopic (exact) mass is 344 g/mol. The van der Waals surface area contributed by atoms with Gasteiger partial charge in [0.05, 0.1) is 5.71 Å². The second kappa shape index (κ2) is 8.07. The summed E-state index contributed by atoms with van der Waals surface area (Å²) in [7, 11) is 3.99. The van der Waals surface area contributed by atoms with Gasteiger partial charge in [0, 0.05) is 48.9 Å². The maximum atomic E-state index is 12.3. The molecule has 3 aromatic rings. The van der Waals surface area contributed by atoms with Crippen LogP contribution in [0.25, 0.3) is 0 Å². The highest BCUT2D eigenvalue weighted by Gasteiger charge is 2.10. The molecule has 130 valence electrons. The average molecular weight is 344 g/mol. The Hall–Kier alpha value is -3.47. The van der Waals surface area contributed by atoms with Crippen molar-refractivity contribution in [1.29, 1.82) is 0 Å². The van der Waals surface area contributed by atoms with Crippen LogP contribution in [0.2, 0.25) is 0 Å². The van der Waals surface area contributed by atoms with Crippen LogP contribution in [0.3, 0.4) is 0 Å². The van der Waals surface area contributed by atoms with Crippen LogP contribution in [0.4, 0.5) is 5.69 Å². The van der Waals surface area contributed by atoms with Gasteiger partial charge in [-0.15, -0.1) is 0 Å². The summed E-state index contributed by atoms with van der Waals surface area (Å²) in [5.41, 5.74) is 6.82. The summed E-state index contributed by atoms with van der Waals surface area (Å²) < 4.78 is 0. The number of pyridine rings is 1. The first kappa shape index (κ1) is 17.4. The molecule has 0 radical (unpaired) electrons. The maximum Gasteiger partial charge on any atom is 0.271 e. The normalized spacial score (nSPS) is 11.1. The quantitative estimate of drug-likeness (QED) is 0.570. The number of amides is 1. The van der Waals surface area contributed by atoms with Crippen molar-refractivity contribution in [2.45, 2.75) is 0 Å². The molecular weight excluding hydrogens is 324 g/mol. The smallest absolute Gasteiger partial charge is 0.271 e. The van der Waals surface area contributed by atoms with Crippen LogP contribution in [0, 0.1) is 0 Å². The Kier molecular flexibility index (Phi) is 5.39. The Balaban J connectivity index is 1.92. The van der Waals surface area contributed by atoms with Crippen LogP contribution in [-0.2, 0) is 0 Å². The number of carbonyl (C=O) groups is 1. The number of hydrogen-bond donors (Lipinski definition) is 1. The number of nitrogens with zero attached hydrogens (tertiary/aromatic N) is 3. The van der Waals surface area contributed by atoms with Crippen molar-refractivity contribution in [2.75, 3.05) is 19.0 Å². The third-order valence-electron chi connectivity index (χ3n) is 3.92. The van der Waals surface area contributed by atoms with Gasteiger partial charge in [0.15, 0.2) is 0 Å². The first-order valence-corrected chi connectivity index (χ1v) is 8.26. The van der Waals surface area contributed by atoms with E-state index >= 15 is 0 Å². The third-order valence-corrected chi connectivity index (χ3v) is 3.92. The van der Waals surface area contributed by atoms with E-state index in [1.165, 1.54) is 0 Å². The van der Waals surface area contributed by atoms with Crippen LogP contribution in [0.5, 0.6) is 0 Å².